The van der Waals surface area contributed by atoms with Crippen molar-refractivity contribution in [1.29, 1.82) is 0 Å². The lowest BCUT2D eigenvalue weighted by atomic mass is 10.0. The first kappa shape index (κ1) is 13.6. The number of hydrogen-bond donors (Lipinski definition) is 1. The summed E-state index contributed by atoms with van der Waals surface area (Å²) in [6, 6.07) is 5.63. The Morgan fingerprint density at radius 3 is 3.25 bits per heavy atom. The van der Waals surface area contributed by atoms with Gasteiger partial charge >= 0.3 is 0 Å². The Hall–Kier alpha value is -1.40. The molecule has 1 aliphatic rings. The van der Waals surface area contributed by atoms with E-state index in [1.165, 1.54) is 0 Å². The molecule has 0 spiro atoms. The summed E-state index contributed by atoms with van der Waals surface area (Å²) in [7, 11) is 0. The average Bonchev–Trinajstić information content (AvgIpc) is 2.98. The molecule has 0 radical (unpaired) electrons. The third-order valence-corrected chi connectivity index (χ3v) is 4.61. The molecule has 1 aromatic heterocycles. The number of hydrogen-bond acceptors (Lipinski definition) is 4. The Morgan fingerprint density at radius 1 is 1.45 bits per heavy atom. The van der Waals surface area contributed by atoms with Crippen LogP contribution in [0.15, 0.2) is 35.5 Å². The molecular formula is C14H17FN4S. The molecule has 0 fully saturated rings. The Bertz CT molecular complexity index is 558. The topological polar surface area (TPSA) is 42.7 Å². The average molecular weight is 292 g/mol. The molecule has 6 heteroatoms. The maximum Gasteiger partial charge on any atom is 0.137 e. The molecule has 2 heterocycles. The van der Waals surface area contributed by atoms with Gasteiger partial charge in [-0.05, 0) is 36.8 Å². The second-order valence-electron chi connectivity index (χ2n) is 4.82. The number of benzene rings is 1. The van der Waals surface area contributed by atoms with Crippen LogP contribution in [0.1, 0.15) is 24.4 Å². The molecule has 20 heavy (non-hydrogen) atoms. The molecule has 1 unspecified atom stereocenters. The van der Waals surface area contributed by atoms with E-state index < -0.39 is 0 Å². The lowest BCUT2D eigenvalue weighted by molar-refractivity contribution is 0.464. The van der Waals surface area contributed by atoms with Crippen LogP contribution in [0.25, 0.3) is 0 Å². The van der Waals surface area contributed by atoms with Crippen LogP contribution in [0.3, 0.4) is 0 Å². The molecule has 0 aliphatic carbocycles. The maximum absolute atomic E-state index is 13.8. The Labute approximate surface area is 121 Å². The van der Waals surface area contributed by atoms with E-state index >= 15 is 0 Å². The molecule has 106 valence electrons. The molecule has 1 atom stereocenters. The fraction of sp³-hybridized carbons (Fsp3) is 0.429. The van der Waals surface area contributed by atoms with E-state index in [2.05, 4.69) is 15.6 Å². The van der Waals surface area contributed by atoms with E-state index in [4.69, 9.17) is 0 Å². The van der Waals surface area contributed by atoms with Crippen LogP contribution in [0.5, 0.6) is 0 Å². The van der Waals surface area contributed by atoms with E-state index in [1.54, 1.807) is 30.1 Å². The van der Waals surface area contributed by atoms with E-state index in [9.17, 15) is 4.39 Å². The van der Waals surface area contributed by atoms with Crippen molar-refractivity contribution >= 4 is 11.8 Å². The first-order valence-electron chi connectivity index (χ1n) is 6.83. The minimum Gasteiger partial charge on any atom is -0.310 e. The molecule has 1 N–H and O–H groups in total. The summed E-state index contributed by atoms with van der Waals surface area (Å²) < 4.78 is 15.6. The molecular weight excluding hydrogens is 275 g/mol. The van der Waals surface area contributed by atoms with E-state index in [1.807, 2.05) is 16.9 Å². The second kappa shape index (κ2) is 6.37. The van der Waals surface area contributed by atoms with Gasteiger partial charge in [0.1, 0.15) is 5.82 Å². The molecule has 1 aliphatic heterocycles. The molecule has 3 rings (SSSR count). The summed E-state index contributed by atoms with van der Waals surface area (Å²) in [5, 5.41) is 11.2. The number of halogens is 1. The van der Waals surface area contributed by atoms with Crippen molar-refractivity contribution in [1.82, 2.24) is 20.3 Å². The predicted octanol–water partition coefficient (Wildman–Crippen LogP) is 2.63. The minimum atomic E-state index is -0.0957. The zero-order valence-electron chi connectivity index (χ0n) is 11.1. The number of nitrogens with one attached hydrogen (secondary N) is 1. The summed E-state index contributed by atoms with van der Waals surface area (Å²) >= 11 is 1.62. The SMILES string of the molecule is Fc1cccc2c1SCCC2NCCCn1ccnn1. The van der Waals surface area contributed by atoms with Gasteiger partial charge in [-0.15, -0.1) is 16.9 Å². The Morgan fingerprint density at radius 2 is 2.40 bits per heavy atom. The summed E-state index contributed by atoms with van der Waals surface area (Å²) in [6.07, 6.45) is 5.58. The maximum atomic E-state index is 13.8. The molecule has 4 nitrogen and oxygen atoms in total. The monoisotopic (exact) mass is 292 g/mol. The first-order chi connectivity index (χ1) is 9.84. The second-order valence-corrected chi connectivity index (χ2v) is 5.93. The summed E-state index contributed by atoms with van der Waals surface area (Å²) in [6.45, 7) is 1.75. The van der Waals surface area contributed by atoms with Crippen LogP contribution in [-0.4, -0.2) is 27.3 Å². The fourth-order valence-corrected chi connectivity index (χ4v) is 3.61. The van der Waals surface area contributed by atoms with Crippen LogP contribution in [-0.2, 0) is 6.54 Å². The highest BCUT2D eigenvalue weighted by atomic mass is 32.2. The van der Waals surface area contributed by atoms with Crippen molar-refractivity contribution in [3.05, 3.63) is 42.0 Å². The van der Waals surface area contributed by atoms with Crippen LogP contribution >= 0.6 is 11.8 Å². The summed E-state index contributed by atoms with van der Waals surface area (Å²) in [4.78, 5) is 0.813. The van der Waals surface area contributed by atoms with Crippen molar-refractivity contribution < 1.29 is 4.39 Å². The van der Waals surface area contributed by atoms with Gasteiger partial charge in [-0.25, -0.2) is 4.39 Å². The number of aryl methyl sites for hydroxylation is 1. The van der Waals surface area contributed by atoms with Crippen LogP contribution in [0, 0.1) is 5.82 Å². The van der Waals surface area contributed by atoms with Gasteiger partial charge in [0.15, 0.2) is 0 Å². The molecule has 1 aromatic carbocycles. The molecule has 0 saturated heterocycles. The zero-order chi connectivity index (χ0) is 13.8. The highest BCUT2D eigenvalue weighted by molar-refractivity contribution is 7.99. The van der Waals surface area contributed by atoms with Gasteiger partial charge in [-0.3, -0.25) is 4.68 Å². The van der Waals surface area contributed by atoms with Gasteiger partial charge in [-0.2, -0.15) is 0 Å². The van der Waals surface area contributed by atoms with Crippen molar-refractivity contribution in [2.45, 2.75) is 30.3 Å². The highest BCUT2D eigenvalue weighted by Gasteiger charge is 2.22. The number of fused-ring (bicyclic) bond motifs is 1. The van der Waals surface area contributed by atoms with Crippen LogP contribution in [0.2, 0.25) is 0 Å². The third-order valence-electron chi connectivity index (χ3n) is 3.45. The molecule has 2 aromatic rings. The number of nitrogens with zero attached hydrogens (tertiary/aromatic N) is 3. The van der Waals surface area contributed by atoms with Crippen molar-refractivity contribution in [3.8, 4) is 0 Å². The van der Waals surface area contributed by atoms with E-state index in [0.29, 0.717) is 0 Å². The van der Waals surface area contributed by atoms with Gasteiger partial charge in [-0.1, -0.05) is 17.3 Å². The van der Waals surface area contributed by atoms with E-state index in [-0.39, 0.29) is 11.9 Å². The van der Waals surface area contributed by atoms with Crippen molar-refractivity contribution in [2.75, 3.05) is 12.3 Å². The first-order valence-corrected chi connectivity index (χ1v) is 7.82. The Balaban J connectivity index is 1.55. The van der Waals surface area contributed by atoms with E-state index in [0.717, 1.165) is 42.1 Å². The standard InChI is InChI=1S/C14H17FN4S/c15-12-4-1-3-11-13(5-10-20-14(11)12)16-6-2-8-19-9-7-17-18-19/h1,3-4,7,9,13,16H,2,5-6,8,10H2. The predicted molar refractivity (Wildman–Crippen MR) is 77.1 cm³/mol. The number of rotatable bonds is 5. The normalized spacial score (nSPS) is 17.9. The molecule has 0 bridgehead atoms. The molecule has 0 saturated carbocycles. The highest BCUT2D eigenvalue weighted by Crippen LogP contribution is 2.37. The largest absolute Gasteiger partial charge is 0.310 e. The number of thioether (sulfide) groups is 1. The van der Waals surface area contributed by atoms with Gasteiger partial charge in [0, 0.05) is 23.7 Å². The quantitative estimate of drug-likeness (QED) is 0.860. The van der Waals surface area contributed by atoms with Crippen molar-refractivity contribution in [3.63, 3.8) is 0 Å². The fourth-order valence-electron chi connectivity index (χ4n) is 2.47. The number of aromatic nitrogens is 3. The van der Waals surface area contributed by atoms with Gasteiger partial charge < -0.3 is 5.32 Å². The van der Waals surface area contributed by atoms with Gasteiger partial charge in [0.25, 0.3) is 0 Å². The molecule has 0 amide bonds. The van der Waals surface area contributed by atoms with Crippen LogP contribution < -0.4 is 5.32 Å². The minimum absolute atomic E-state index is 0.0957. The zero-order valence-corrected chi connectivity index (χ0v) is 11.9. The Kier molecular flexibility index (Phi) is 4.32. The lowest BCUT2D eigenvalue weighted by Gasteiger charge is -2.26. The van der Waals surface area contributed by atoms with Gasteiger partial charge in [0.05, 0.1) is 6.20 Å². The van der Waals surface area contributed by atoms with Gasteiger partial charge in [0.2, 0.25) is 0 Å². The third kappa shape index (κ3) is 3.02. The smallest absolute Gasteiger partial charge is 0.137 e. The summed E-state index contributed by atoms with van der Waals surface area (Å²) in [5.74, 6) is 0.871. The lowest BCUT2D eigenvalue weighted by Crippen LogP contribution is -2.26. The van der Waals surface area contributed by atoms with Crippen LogP contribution in [0.4, 0.5) is 4.39 Å². The summed E-state index contributed by atoms with van der Waals surface area (Å²) in [5.41, 5.74) is 1.10. The van der Waals surface area contributed by atoms with Crippen molar-refractivity contribution in [2.24, 2.45) is 0 Å².